The van der Waals surface area contributed by atoms with Crippen molar-refractivity contribution >= 4 is 5.97 Å². The molecule has 0 radical (unpaired) electrons. The van der Waals surface area contributed by atoms with E-state index in [4.69, 9.17) is 9.47 Å². The van der Waals surface area contributed by atoms with Crippen LogP contribution >= 0.6 is 0 Å². The van der Waals surface area contributed by atoms with Crippen molar-refractivity contribution in [3.05, 3.63) is 59.7 Å². The zero-order chi connectivity index (χ0) is 15.1. The van der Waals surface area contributed by atoms with Gasteiger partial charge in [-0.05, 0) is 43.7 Å². The molecular weight excluding hydrogens is 264 g/mol. The van der Waals surface area contributed by atoms with Crippen molar-refractivity contribution in [2.75, 3.05) is 6.61 Å². The third-order valence-corrected chi connectivity index (χ3v) is 3.07. The molecule has 0 fully saturated rings. The van der Waals surface area contributed by atoms with Gasteiger partial charge < -0.3 is 9.47 Å². The Labute approximate surface area is 125 Å². The quantitative estimate of drug-likeness (QED) is 0.448. The number of aryl methyl sites for hydroxylation is 1. The van der Waals surface area contributed by atoms with Gasteiger partial charge in [-0.15, -0.1) is 0 Å². The predicted octanol–water partition coefficient (Wildman–Crippen LogP) is 4.39. The van der Waals surface area contributed by atoms with Gasteiger partial charge >= 0.3 is 5.97 Å². The van der Waals surface area contributed by atoms with E-state index in [-0.39, 0.29) is 5.97 Å². The van der Waals surface area contributed by atoms with Crippen molar-refractivity contribution in [3.63, 3.8) is 0 Å². The molecule has 0 bridgehead atoms. The first-order chi connectivity index (χ1) is 10.2. The molecule has 0 N–H and O–H groups in total. The molecule has 0 aliphatic heterocycles. The highest BCUT2D eigenvalue weighted by molar-refractivity contribution is 5.91. The fourth-order valence-electron chi connectivity index (χ4n) is 1.82. The molecule has 0 spiro atoms. The summed E-state index contributed by atoms with van der Waals surface area (Å²) in [5.41, 5.74) is 1.62. The van der Waals surface area contributed by atoms with Crippen LogP contribution in [-0.4, -0.2) is 12.6 Å². The number of carbonyl (C=O) groups excluding carboxylic acids is 1. The Morgan fingerprint density at radius 3 is 2.52 bits per heavy atom. The molecule has 2 rings (SSSR count). The number of unbranched alkanes of at least 4 members (excludes halogenated alkanes) is 1. The molecule has 0 amide bonds. The summed E-state index contributed by atoms with van der Waals surface area (Å²) in [4.78, 5) is 12.1. The summed E-state index contributed by atoms with van der Waals surface area (Å²) in [5, 5.41) is 0. The van der Waals surface area contributed by atoms with Crippen molar-refractivity contribution in [2.24, 2.45) is 0 Å². The van der Waals surface area contributed by atoms with Crippen LogP contribution in [0.5, 0.6) is 11.5 Å². The van der Waals surface area contributed by atoms with E-state index >= 15 is 0 Å². The van der Waals surface area contributed by atoms with Gasteiger partial charge in [0.1, 0.15) is 11.5 Å². The van der Waals surface area contributed by atoms with E-state index in [0.717, 1.165) is 18.4 Å². The van der Waals surface area contributed by atoms with Gasteiger partial charge in [-0.25, -0.2) is 4.79 Å². The maximum Gasteiger partial charge on any atom is 0.343 e. The van der Waals surface area contributed by atoms with Crippen molar-refractivity contribution in [1.29, 1.82) is 0 Å². The van der Waals surface area contributed by atoms with Gasteiger partial charge in [0.2, 0.25) is 0 Å². The van der Waals surface area contributed by atoms with Crippen molar-refractivity contribution in [3.8, 4) is 11.5 Å². The van der Waals surface area contributed by atoms with Crippen LogP contribution in [0.3, 0.4) is 0 Å². The molecule has 0 atom stereocenters. The molecule has 0 unspecified atom stereocenters. The first-order valence-electron chi connectivity index (χ1n) is 7.21. The molecule has 0 saturated carbocycles. The second kappa shape index (κ2) is 7.48. The number of rotatable bonds is 6. The highest BCUT2D eigenvalue weighted by atomic mass is 16.5. The summed E-state index contributed by atoms with van der Waals surface area (Å²) in [7, 11) is 0. The monoisotopic (exact) mass is 284 g/mol. The van der Waals surface area contributed by atoms with Gasteiger partial charge in [-0.3, -0.25) is 0 Å². The Hall–Kier alpha value is -2.29. The first-order valence-corrected chi connectivity index (χ1v) is 7.21. The average Bonchev–Trinajstić information content (AvgIpc) is 2.50. The molecule has 0 heterocycles. The number of hydrogen-bond acceptors (Lipinski definition) is 3. The summed E-state index contributed by atoms with van der Waals surface area (Å²) in [6.07, 6.45) is 2.08. The lowest BCUT2D eigenvalue weighted by atomic mass is 10.2. The number of benzene rings is 2. The maximum atomic E-state index is 12.1. The Morgan fingerprint density at radius 2 is 1.81 bits per heavy atom. The Balaban J connectivity index is 2.01. The van der Waals surface area contributed by atoms with Gasteiger partial charge in [-0.2, -0.15) is 0 Å². The van der Waals surface area contributed by atoms with E-state index in [0.29, 0.717) is 23.7 Å². The van der Waals surface area contributed by atoms with Crippen molar-refractivity contribution in [2.45, 2.75) is 26.7 Å². The zero-order valence-corrected chi connectivity index (χ0v) is 12.5. The van der Waals surface area contributed by atoms with Crippen LogP contribution in [0.4, 0.5) is 0 Å². The minimum atomic E-state index is -0.375. The number of hydrogen-bond donors (Lipinski definition) is 0. The zero-order valence-electron chi connectivity index (χ0n) is 12.5. The van der Waals surface area contributed by atoms with E-state index in [1.165, 1.54) is 0 Å². The molecule has 110 valence electrons. The molecule has 3 nitrogen and oxygen atoms in total. The summed E-state index contributed by atoms with van der Waals surface area (Å²) in [6, 6.07) is 14.5. The third-order valence-electron chi connectivity index (χ3n) is 3.07. The number of ether oxygens (including phenoxy) is 2. The second-order valence-electron chi connectivity index (χ2n) is 4.93. The smallest absolute Gasteiger partial charge is 0.343 e. The fraction of sp³-hybridized carbons (Fsp3) is 0.278. The van der Waals surface area contributed by atoms with Crippen LogP contribution in [0.15, 0.2) is 48.5 Å². The highest BCUT2D eigenvalue weighted by Crippen LogP contribution is 2.17. The molecular formula is C18H20O3. The van der Waals surface area contributed by atoms with Crippen LogP contribution < -0.4 is 9.47 Å². The molecule has 21 heavy (non-hydrogen) atoms. The summed E-state index contributed by atoms with van der Waals surface area (Å²) < 4.78 is 10.9. The third kappa shape index (κ3) is 4.63. The largest absolute Gasteiger partial charge is 0.494 e. The molecule has 3 heteroatoms. The van der Waals surface area contributed by atoms with Gasteiger partial charge in [0.05, 0.1) is 12.2 Å². The van der Waals surface area contributed by atoms with Crippen LogP contribution in [-0.2, 0) is 0 Å². The van der Waals surface area contributed by atoms with Crippen LogP contribution in [0.25, 0.3) is 0 Å². The Bertz CT molecular complexity index is 588. The van der Waals surface area contributed by atoms with E-state index in [1.807, 2.05) is 25.1 Å². The lowest BCUT2D eigenvalue weighted by Gasteiger charge is -2.08. The van der Waals surface area contributed by atoms with E-state index in [1.54, 1.807) is 30.3 Å². The minimum absolute atomic E-state index is 0.375. The first kappa shape index (κ1) is 15.1. The summed E-state index contributed by atoms with van der Waals surface area (Å²) in [5.74, 6) is 0.865. The van der Waals surface area contributed by atoms with Crippen molar-refractivity contribution in [1.82, 2.24) is 0 Å². The van der Waals surface area contributed by atoms with Crippen LogP contribution in [0, 0.1) is 6.92 Å². The Kier molecular flexibility index (Phi) is 5.38. The molecule has 2 aromatic carbocycles. The van der Waals surface area contributed by atoms with Crippen LogP contribution in [0.2, 0.25) is 0 Å². The number of esters is 1. The summed E-state index contributed by atoms with van der Waals surface area (Å²) in [6.45, 7) is 4.76. The van der Waals surface area contributed by atoms with E-state index in [9.17, 15) is 4.79 Å². The molecule has 0 aromatic heterocycles. The van der Waals surface area contributed by atoms with Gasteiger partial charge in [-0.1, -0.05) is 37.1 Å². The Morgan fingerprint density at radius 1 is 1.05 bits per heavy atom. The standard InChI is InChI=1S/C18H20O3/c1-3-4-12-20-17-7-5-6-15(13-17)18(19)21-16-10-8-14(2)9-11-16/h5-11,13H,3-4,12H2,1-2H3. The molecule has 0 aliphatic carbocycles. The lowest BCUT2D eigenvalue weighted by molar-refractivity contribution is 0.0734. The van der Waals surface area contributed by atoms with Crippen LogP contribution in [0.1, 0.15) is 35.7 Å². The maximum absolute atomic E-state index is 12.1. The minimum Gasteiger partial charge on any atom is -0.494 e. The second-order valence-corrected chi connectivity index (χ2v) is 4.93. The van der Waals surface area contributed by atoms with Gasteiger partial charge in [0, 0.05) is 0 Å². The molecule has 0 saturated heterocycles. The van der Waals surface area contributed by atoms with E-state index < -0.39 is 0 Å². The SMILES string of the molecule is CCCCOc1cccc(C(=O)Oc2ccc(C)cc2)c1. The van der Waals surface area contributed by atoms with Gasteiger partial charge in [0.15, 0.2) is 0 Å². The topological polar surface area (TPSA) is 35.5 Å². The average molecular weight is 284 g/mol. The molecule has 2 aromatic rings. The summed E-state index contributed by atoms with van der Waals surface area (Å²) >= 11 is 0. The van der Waals surface area contributed by atoms with Crippen molar-refractivity contribution < 1.29 is 14.3 Å². The number of carbonyl (C=O) groups is 1. The highest BCUT2D eigenvalue weighted by Gasteiger charge is 2.09. The predicted molar refractivity (Wildman–Crippen MR) is 83.0 cm³/mol. The van der Waals surface area contributed by atoms with E-state index in [2.05, 4.69) is 6.92 Å². The lowest BCUT2D eigenvalue weighted by Crippen LogP contribution is -2.08. The molecule has 0 aliphatic rings. The fourth-order valence-corrected chi connectivity index (χ4v) is 1.82. The van der Waals surface area contributed by atoms with Gasteiger partial charge in [0.25, 0.3) is 0 Å². The normalized spacial score (nSPS) is 10.2.